The van der Waals surface area contributed by atoms with Crippen LogP contribution in [0.1, 0.15) is 21.6 Å². The monoisotopic (exact) mass is 392 g/mol. The number of hydrazone groups is 1. The van der Waals surface area contributed by atoms with Crippen LogP contribution < -0.4 is 5.43 Å². The average Bonchev–Trinajstić information content (AvgIpc) is 3.16. The van der Waals surface area contributed by atoms with E-state index < -0.39 is 16.8 Å². The molecule has 0 saturated heterocycles. The predicted octanol–water partition coefficient (Wildman–Crippen LogP) is 2.78. The molecule has 0 unspecified atom stereocenters. The lowest BCUT2D eigenvalue weighted by atomic mass is 10.1. The van der Waals surface area contributed by atoms with E-state index in [-0.39, 0.29) is 17.7 Å². The molecule has 1 heterocycles. The molecule has 146 valence electrons. The number of hydrogen-bond donors (Lipinski definition) is 2. The van der Waals surface area contributed by atoms with Crippen LogP contribution in [0.4, 0.5) is 5.69 Å². The molecule has 1 amide bonds. The fraction of sp³-hybridized carbons (Fsp3) is 0.0500. The van der Waals surface area contributed by atoms with Gasteiger partial charge in [0, 0.05) is 24.0 Å². The van der Waals surface area contributed by atoms with Gasteiger partial charge in [0.05, 0.1) is 28.8 Å². The summed E-state index contributed by atoms with van der Waals surface area (Å²) >= 11 is 0. The average molecular weight is 392 g/mol. The zero-order valence-corrected chi connectivity index (χ0v) is 15.1. The summed E-state index contributed by atoms with van der Waals surface area (Å²) in [5.41, 5.74) is 4.42. The van der Waals surface area contributed by atoms with Crippen LogP contribution in [0.5, 0.6) is 0 Å². The van der Waals surface area contributed by atoms with E-state index in [0.717, 1.165) is 5.69 Å². The summed E-state index contributed by atoms with van der Waals surface area (Å²) in [6.07, 6.45) is 3.19. The number of non-ortho nitro benzene ring substituents is 1. The summed E-state index contributed by atoms with van der Waals surface area (Å²) in [5.74, 6) is -1.41. The van der Waals surface area contributed by atoms with Gasteiger partial charge in [0.15, 0.2) is 0 Å². The highest BCUT2D eigenvalue weighted by Crippen LogP contribution is 2.14. The highest BCUT2D eigenvalue weighted by molar-refractivity contribution is 5.88. The summed E-state index contributed by atoms with van der Waals surface area (Å²) < 4.78 is 1.78. The Hall–Kier alpha value is -4.27. The molecule has 3 rings (SSSR count). The largest absolute Gasteiger partial charge is 0.478 e. The first-order valence-electron chi connectivity index (χ1n) is 8.50. The minimum atomic E-state index is -1.00. The lowest BCUT2D eigenvalue weighted by Gasteiger charge is -2.06. The minimum absolute atomic E-state index is 0.0450. The number of carbonyl (C=O) groups excluding carboxylic acids is 1. The van der Waals surface area contributed by atoms with Crippen LogP contribution in [-0.4, -0.2) is 32.7 Å². The number of carbonyl (C=O) groups is 2. The number of nitro groups is 1. The second-order valence-electron chi connectivity index (χ2n) is 6.05. The quantitative estimate of drug-likeness (QED) is 0.363. The Balaban J connectivity index is 1.65. The molecule has 9 nitrogen and oxygen atoms in total. The summed E-state index contributed by atoms with van der Waals surface area (Å²) in [4.78, 5) is 33.2. The van der Waals surface area contributed by atoms with Crippen molar-refractivity contribution in [2.45, 2.75) is 6.42 Å². The van der Waals surface area contributed by atoms with Crippen molar-refractivity contribution in [3.05, 3.63) is 93.8 Å². The first-order chi connectivity index (χ1) is 13.9. The molecule has 2 N–H and O–H groups in total. The van der Waals surface area contributed by atoms with Crippen LogP contribution >= 0.6 is 0 Å². The second kappa shape index (κ2) is 8.61. The number of carboxylic acids is 1. The van der Waals surface area contributed by atoms with E-state index in [1.54, 1.807) is 41.1 Å². The van der Waals surface area contributed by atoms with Gasteiger partial charge in [-0.2, -0.15) is 5.10 Å². The van der Waals surface area contributed by atoms with E-state index in [0.29, 0.717) is 11.3 Å². The molecule has 2 aromatic carbocycles. The van der Waals surface area contributed by atoms with Crippen LogP contribution in [-0.2, 0) is 11.2 Å². The maximum Gasteiger partial charge on any atom is 0.335 e. The smallest absolute Gasteiger partial charge is 0.335 e. The Morgan fingerprint density at radius 2 is 1.90 bits per heavy atom. The van der Waals surface area contributed by atoms with Gasteiger partial charge in [0.1, 0.15) is 0 Å². The third-order valence-corrected chi connectivity index (χ3v) is 4.04. The molecule has 0 radical (unpaired) electrons. The molecular weight excluding hydrogens is 376 g/mol. The van der Waals surface area contributed by atoms with E-state index in [2.05, 4.69) is 10.5 Å². The molecule has 9 heteroatoms. The van der Waals surface area contributed by atoms with Gasteiger partial charge in [-0.3, -0.25) is 14.9 Å². The van der Waals surface area contributed by atoms with Gasteiger partial charge in [0.25, 0.3) is 5.69 Å². The number of aromatic nitrogens is 1. The Kier molecular flexibility index (Phi) is 5.79. The van der Waals surface area contributed by atoms with Crippen molar-refractivity contribution in [3.63, 3.8) is 0 Å². The number of carboxylic acid groups (broad SMARTS) is 1. The van der Waals surface area contributed by atoms with Crippen LogP contribution in [0.2, 0.25) is 0 Å². The first kappa shape index (κ1) is 19.5. The van der Waals surface area contributed by atoms with Gasteiger partial charge in [-0.1, -0.05) is 12.1 Å². The number of rotatable bonds is 7. The van der Waals surface area contributed by atoms with Crippen molar-refractivity contribution in [1.29, 1.82) is 0 Å². The van der Waals surface area contributed by atoms with Crippen LogP contribution in [0.3, 0.4) is 0 Å². The maximum atomic E-state index is 12.0. The van der Waals surface area contributed by atoms with Crippen molar-refractivity contribution >= 4 is 23.8 Å². The molecule has 0 atom stereocenters. The zero-order chi connectivity index (χ0) is 20.8. The summed E-state index contributed by atoms with van der Waals surface area (Å²) in [6.45, 7) is 0. The van der Waals surface area contributed by atoms with E-state index >= 15 is 0 Å². The number of nitro benzene ring substituents is 1. The molecule has 0 aliphatic rings. The van der Waals surface area contributed by atoms with Gasteiger partial charge in [0.2, 0.25) is 5.91 Å². The van der Waals surface area contributed by atoms with Gasteiger partial charge < -0.3 is 9.67 Å². The van der Waals surface area contributed by atoms with E-state index in [1.165, 1.54) is 36.5 Å². The molecule has 0 fully saturated rings. The van der Waals surface area contributed by atoms with Crippen LogP contribution in [0.15, 0.2) is 72.0 Å². The van der Waals surface area contributed by atoms with Crippen LogP contribution in [0, 0.1) is 10.1 Å². The highest BCUT2D eigenvalue weighted by Gasteiger charge is 2.09. The molecule has 0 spiro atoms. The number of nitrogens with one attached hydrogen (secondary N) is 1. The fourth-order valence-corrected chi connectivity index (χ4v) is 2.67. The fourth-order valence-electron chi connectivity index (χ4n) is 2.67. The zero-order valence-electron chi connectivity index (χ0n) is 15.1. The van der Waals surface area contributed by atoms with Crippen molar-refractivity contribution in [2.75, 3.05) is 0 Å². The number of amides is 1. The molecule has 0 saturated carbocycles. The first-order valence-corrected chi connectivity index (χ1v) is 8.50. The highest BCUT2D eigenvalue weighted by atomic mass is 16.6. The third kappa shape index (κ3) is 4.92. The number of benzene rings is 2. The normalized spacial score (nSPS) is 10.8. The Labute approximate surface area is 165 Å². The van der Waals surface area contributed by atoms with E-state index in [9.17, 15) is 19.7 Å². The second-order valence-corrected chi connectivity index (χ2v) is 6.05. The predicted molar refractivity (Wildman–Crippen MR) is 105 cm³/mol. The van der Waals surface area contributed by atoms with E-state index in [4.69, 9.17) is 5.11 Å². The Bertz CT molecular complexity index is 1090. The molecule has 0 aliphatic carbocycles. The van der Waals surface area contributed by atoms with Crippen LogP contribution in [0.25, 0.3) is 5.69 Å². The molecule has 29 heavy (non-hydrogen) atoms. The summed E-state index contributed by atoms with van der Waals surface area (Å²) in [7, 11) is 0. The van der Waals surface area contributed by atoms with Crippen molar-refractivity contribution < 1.29 is 19.6 Å². The van der Waals surface area contributed by atoms with Crippen molar-refractivity contribution in [3.8, 4) is 5.69 Å². The van der Waals surface area contributed by atoms with Gasteiger partial charge in [-0.25, -0.2) is 10.2 Å². The lowest BCUT2D eigenvalue weighted by Crippen LogP contribution is -2.20. The van der Waals surface area contributed by atoms with Crippen molar-refractivity contribution in [2.24, 2.45) is 5.10 Å². The maximum absolute atomic E-state index is 12.0. The molecular formula is C20H16N4O5. The topological polar surface area (TPSA) is 127 Å². The van der Waals surface area contributed by atoms with Gasteiger partial charge in [-0.15, -0.1) is 0 Å². The Morgan fingerprint density at radius 3 is 2.59 bits per heavy atom. The molecule has 3 aromatic rings. The molecule has 0 aliphatic heterocycles. The van der Waals surface area contributed by atoms with E-state index in [1.807, 2.05) is 0 Å². The summed E-state index contributed by atoms with van der Waals surface area (Å²) in [5, 5.41) is 23.7. The third-order valence-electron chi connectivity index (χ3n) is 4.04. The standard InChI is InChI=1S/C20H16N4O5/c25-19(12-14-3-1-4-17(11-14)24(28)29)22-21-13-18-5-2-10-23(18)16-8-6-15(7-9-16)20(26)27/h1-11,13H,12H2,(H,22,25)(H,26,27). The number of hydrogen-bond acceptors (Lipinski definition) is 5. The van der Waals surface area contributed by atoms with Gasteiger partial charge >= 0.3 is 5.97 Å². The lowest BCUT2D eigenvalue weighted by molar-refractivity contribution is -0.384. The van der Waals surface area contributed by atoms with Crippen molar-refractivity contribution in [1.82, 2.24) is 9.99 Å². The molecule has 1 aromatic heterocycles. The Morgan fingerprint density at radius 1 is 1.14 bits per heavy atom. The SMILES string of the molecule is O=C(Cc1cccc([N+](=O)[O-])c1)NN=Cc1cccn1-c1ccc(C(=O)O)cc1. The minimum Gasteiger partial charge on any atom is -0.478 e. The van der Waals surface area contributed by atoms with Gasteiger partial charge in [-0.05, 0) is 42.0 Å². The number of aromatic carboxylic acids is 1. The summed E-state index contributed by atoms with van der Waals surface area (Å²) in [6, 6.07) is 15.8. The number of nitrogens with zero attached hydrogens (tertiary/aromatic N) is 3. The molecule has 0 bridgehead atoms.